The van der Waals surface area contributed by atoms with Gasteiger partial charge in [0.2, 0.25) is 5.91 Å². The van der Waals surface area contributed by atoms with Crippen LogP contribution in [0.3, 0.4) is 0 Å². The van der Waals surface area contributed by atoms with Crippen LogP contribution in [0.5, 0.6) is 0 Å². The molecule has 0 N–H and O–H groups in total. The average molecular weight is 370 g/mol. The molecule has 2 aromatic carbocycles. The molecule has 1 heterocycles. The molecular formula is C21H17ClFNO2. The molecular weight excluding hydrogens is 353 g/mol. The molecule has 0 spiro atoms. The van der Waals surface area contributed by atoms with Gasteiger partial charge in [-0.25, -0.2) is 4.39 Å². The van der Waals surface area contributed by atoms with E-state index < -0.39 is 5.92 Å². The summed E-state index contributed by atoms with van der Waals surface area (Å²) in [6.45, 7) is 0. The first-order chi connectivity index (χ1) is 12.6. The molecule has 1 aliphatic heterocycles. The highest BCUT2D eigenvalue weighted by atomic mass is 35.5. The minimum Gasteiger partial charge on any atom is -0.294 e. The maximum atomic E-state index is 14.4. The number of halogens is 2. The Kier molecular flexibility index (Phi) is 4.37. The van der Waals surface area contributed by atoms with Gasteiger partial charge in [-0.2, -0.15) is 0 Å². The van der Waals surface area contributed by atoms with Gasteiger partial charge in [0.25, 0.3) is 0 Å². The Hall–Kier alpha value is -2.46. The van der Waals surface area contributed by atoms with E-state index in [4.69, 9.17) is 11.6 Å². The number of carbonyl (C=O) groups excluding carboxylic acids is 2. The van der Waals surface area contributed by atoms with E-state index in [0.717, 1.165) is 0 Å². The summed E-state index contributed by atoms with van der Waals surface area (Å²) in [6.07, 6.45) is 1.83. The molecule has 1 unspecified atom stereocenters. The lowest BCUT2D eigenvalue weighted by Crippen LogP contribution is -2.40. The van der Waals surface area contributed by atoms with Crippen LogP contribution in [0, 0.1) is 5.82 Å². The topological polar surface area (TPSA) is 37.4 Å². The van der Waals surface area contributed by atoms with Crippen molar-refractivity contribution in [3.8, 4) is 0 Å². The monoisotopic (exact) mass is 369 g/mol. The second kappa shape index (κ2) is 6.69. The fourth-order valence-corrected chi connectivity index (χ4v) is 4.03. The first-order valence-electron chi connectivity index (χ1n) is 8.65. The van der Waals surface area contributed by atoms with E-state index in [-0.39, 0.29) is 23.9 Å². The van der Waals surface area contributed by atoms with Crippen LogP contribution in [0.15, 0.2) is 59.8 Å². The Balaban J connectivity index is 1.87. The number of amides is 1. The molecule has 1 aliphatic carbocycles. The quantitative estimate of drug-likeness (QED) is 0.746. The highest BCUT2D eigenvalue weighted by molar-refractivity contribution is 6.30. The first-order valence-corrected chi connectivity index (χ1v) is 9.03. The Labute approximate surface area is 156 Å². The van der Waals surface area contributed by atoms with E-state index in [9.17, 15) is 14.0 Å². The minimum absolute atomic E-state index is 0.00552. The van der Waals surface area contributed by atoms with Crippen molar-refractivity contribution in [1.82, 2.24) is 0 Å². The maximum Gasteiger partial charge on any atom is 0.232 e. The van der Waals surface area contributed by atoms with Crippen molar-refractivity contribution >= 4 is 29.0 Å². The van der Waals surface area contributed by atoms with E-state index in [0.29, 0.717) is 46.8 Å². The number of carbonyl (C=O) groups is 2. The van der Waals surface area contributed by atoms with E-state index in [1.807, 2.05) is 0 Å². The summed E-state index contributed by atoms with van der Waals surface area (Å²) < 4.78 is 14.4. The number of allylic oxidation sites excluding steroid dienone is 2. The maximum absolute atomic E-state index is 14.4. The molecule has 4 rings (SSSR count). The number of hydrogen-bond acceptors (Lipinski definition) is 2. The van der Waals surface area contributed by atoms with Gasteiger partial charge in [0.15, 0.2) is 5.78 Å². The number of hydrogen-bond donors (Lipinski definition) is 0. The molecule has 2 aromatic rings. The number of rotatable bonds is 2. The van der Waals surface area contributed by atoms with E-state index in [1.54, 1.807) is 47.4 Å². The summed E-state index contributed by atoms with van der Waals surface area (Å²) in [5, 5.41) is 0.580. The molecule has 0 radical (unpaired) electrons. The lowest BCUT2D eigenvalue weighted by molar-refractivity contribution is -0.119. The molecule has 0 aromatic heterocycles. The second-order valence-corrected chi connectivity index (χ2v) is 7.06. The van der Waals surface area contributed by atoms with Crippen molar-refractivity contribution in [2.45, 2.75) is 31.6 Å². The van der Waals surface area contributed by atoms with Gasteiger partial charge in [-0.15, -0.1) is 0 Å². The first kappa shape index (κ1) is 17.0. The van der Waals surface area contributed by atoms with Gasteiger partial charge < -0.3 is 0 Å². The van der Waals surface area contributed by atoms with Crippen molar-refractivity contribution in [3.63, 3.8) is 0 Å². The van der Waals surface area contributed by atoms with Crippen LogP contribution in [0.2, 0.25) is 5.02 Å². The zero-order valence-corrected chi connectivity index (χ0v) is 14.8. The summed E-state index contributed by atoms with van der Waals surface area (Å²) in [7, 11) is 0. The Morgan fingerprint density at radius 3 is 2.46 bits per heavy atom. The fourth-order valence-electron chi connectivity index (χ4n) is 3.91. The predicted octanol–water partition coefficient (Wildman–Crippen LogP) is 5.01. The van der Waals surface area contributed by atoms with Crippen molar-refractivity contribution in [2.75, 3.05) is 4.90 Å². The molecule has 26 heavy (non-hydrogen) atoms. The zero-order chi connectivity index (χ0) is 18.3. The molecule has 3 nitrogen and oxygen atoms in total. The van der Waals surface area contributed by atoms with Gasteiger partial charge in [0.1, 0.15) is 5.82 Å². The number of Topliss-reactive ketones (excluding diaryl/α,β-unsaturated/α-hetero) is 1. The van der Waals surface area contributed by atoms with Gasteiger partial charge in [0.05, 0.1) is 0 Å². The van der Waals surface area contributed by atoms with Crippen LogP contribution in [0.1, 0.15) is 37.2 Å². The predicted molar refractivity (Wildman–Crippen MR) is 98.6 cm³/mol. The molecule has 0 bridgehead atoms. The van der Waals surface area contributed by atoms with Crippen molar-refractivity contribution in [3.05, 3.63) is 76.2 Å². The number of nitrogens with zero attached hydrogens (tertiary/aromatic N) is 1. The number of ketones is 1. The lowest BCUT2D eigenvalue weighted by Gasteiger charge is -2.38. The van der Waals surface area contributed by atoms with Gasteiger partial charge in [-0.3, -0.25) is 14.5 Å². The molecule has 2 aliphatic rings. The Morgan fingerprint density at radius 1 is 1.00 bits per heavy atom. The van der Waals surface area contributed by atoms with Gasteiger partial charge in [-0.05, 0) is 48.7 Å². The van der Waals surface area contributed by atoms with Crippen molar-refractivity contribution in [2.24, 2.45) is 0 Å². The van der Waals surface area contributed by atoms with Gasteiger partial charge >= 0.3 is 0 Å². The standard InChI is InChI=1S/C21H17ClFNO2/c22-13-8-10-14(11-9-13)24-18-6-3-7-19(25)21(18)16(12-20(24)26)15-4-1-2-5-17(15)23/h1-2,4-5,8-11,16H,3,6-7,12H2. The third-order valence-corrected chi connectivity index (χ3v) is 5.29. The summed E-state index contributed by atoms with van der Waals surface area (Å²) in [6, 6.07) is 13.4. The zero-order valence-electron chi connectivity index (χ0n) is 14.0. The van der Waals surface area contributed by atoms with Crippen LogP contribution in [0.4, 0.5) is 10.1 Å². The molecule has 5 heteroatoms. The molecule has 132 valence electrons. The van der Waals surface area contributed by atoms with Crippen molar-refractivity contribution < 1.29 is 14.0 Å². The number of benzene rings is 2. The largest absolute Gasteiger partial charge is 0.294 e. The Morgan fingerprint density at radius 2 is 1.73 bits per heavy atom. The highest BCUT2D eigenvalue weighted by Crippen LogP contribution is 2.43. The molecule has 0 fully saturated rings. The fraction of sp³-hybridized carbons (Fsp3) is 0.238. The van der Waals surface area contributed by atoms with Crippen LogP contribution in [-0.2, 0) is 9.59 Å². The smallest absolute Gasteiger partial charge is 0.232 e. The summed E-state index contributed by atoms with van der Waals surface area (Å²) in [4.78, 5) is 27.3. The highest BCUT2D eigenvalue weighted by Gasteiger charge is 2.40. The third kappa shape index (κ3) is 2.84. The van der Waals surface area contributed by atoms with Crippen molar-refractivity contribution in [1.29, 1.82) is 0 Å². The minimum atomic E-state index is -0.518. The summed E-state index contributed by atoms with van der Waals surface area (Å²) in [5.41, 5.74) is 2.39. The number of anilines is 1. The second-order valence-electron chi connectivity index (χ2n) is 6.62. The van der Waals surface area contributed by atoms with E-state index in [1.165, 1.54) is 6.07 Å². The Bertz CT molecular complexity index is 920. The molecule has 0 saturated heterocycles. The van der Waals surface area contributed by atoms with Gasteiger partial charge in [0, 0.05) is 40.7 Å². The molecule has 0 saturated carbocycles. The van der Waals surface area contributed by atoms with Crippen LogP contribution >= 0.6 is 11.6 Å². The molecule has 1 atom stereocenters. The summed E-state index contributed by atoms with van der Waals surface area (Å²) in [5.74, 6) is -1.02. The van der Waals surface area contributed by atoms with E-state index >= 15 is 0 Å². The average Bonchev–Trinajstić information content (AvgIpc) is 2.63. The van der Waals surface area contributed by atoms with Crippen LogP contribution < -0.4 is 4.90 Å². The van der Waals surface area contributed by atoms with Crippen LogP contribution in [-0.4, -0.2) is 11.7 Å². The molecule has 1 amide bonds. The van der Waals surface area contributed by atoms with Gasteiger partial charge in [-0.1, -0.05) is 29.8 Å². The SMILES string of the molecule is O=C1CCCC2=C1C(c1ccccc1F)CC(=O)N2c1ccc(Cl)cc1. The summed E-state index contributed by atoms with van der Waals surface area (Å²) >= 11 is 5.96. The normalized spacial score (nSPS) is 20.4. The van der Waals surface area contributed by atoms with E-state index in [2.05, 4.69) is 0 Å². The lowest BCUT2D eigenvalue weighted by atomic mass is 9.77. The third-order valence-electron chi connectivity index (χ3n) is 5.04. The van der Waals surface area contributed by atoms with Crippen LogP contribution in [0.25, 0.3) is 0 Å².